The lowest BCUT2D eigenvalue weighted by Gasteiger charge is -2.25. The number of carbonyl (C=O) groups is 4. The Morgan fingerprint density at radius 3 is 2.64 bits per heavy atom. The van der Waals surface area contributed by atoms with Crippen molar-refractivity contribution in [2.24, 2.45) is 11.3 Å². The molecule has 0 radical (unpaired) electrons. The van der Waals surface area contributed by atoms with Gasteiger partial charge in [0, 0.05) is 19.4 Å². The second kappa shape index (κ2) is 11.8. The first-order valence-electron chi connectivity index (χ1n) is 11.4. The van der Waals surface area contributed by atoms with E-state index in [-0.39, 0.29) is 24.4 Å². The molecule has 0 aliphatic carbocycles. The van der Waals surface area contributed by atoms with E-state index in [1.807, 2.05) is 20.8 Å². The molecule has 1 aromatic rings. The second-order valence-corrected chi connectivity index (χ2v) is 9.92. The summed E-state index contributed by atoms with van der Waals surface area (Å²) in [5, 5.41) is 7.82. The second-order valence-electron chi connectivity index (χ2n) is 9.92. The molecule has 0 saturated carbocycles. The van der Waals surface area contributed by atoms with E-state index >= 15 is 0 Å². The highest BCUT2D eigenvalue weighted by Gasteiger charge is 2.33. The van der Waals surface area contributed by atoms with Gasteiger partial charge in [0.2, 0.25) is 11.7 Å². The van der Waals surface area contributed by atoms with Crippen LogP contribution in [0.25, 0.3) is 0 Å². The van der Waals surface area contributed by atoms with Crippen molar-refractivity contribution in [3.63, 3.8) is 0 Å². The van der Waals surface area contributed by atoms with E-state index in [0.29, 0.717) is 24.4 Å². The summed E-state index contributed by atoms with van der Waals surface area (Å²) >= 11 is 0. The van der Waals surface area contributed by atoms with E-state index < -0.39 is 35.8 Å². The summed E-state index contributed by atoms with van der Waals surface area (Å²) in [5.41, 5.74) is 0.302. The lowest BCUT2D eigenvalue weighted by Crippen LogP contribution is -2.56. The number of alkyl carbamates (subject to hydrolysis) is 1. The maximum Gasteiger partial charge on any atom is 0.407 e. The number of nitrogens with one attached hydrogen (secondary N) is 3. The van der Waals surface area contributed by atoms with E-state index in [1.54, 1.807) is 13.8 Å². The average molecular weight is 465 g/mol. The molecule has 2 rings (SSSR count). The maximum atomic E-state index is 13.1. The molecule has 10 heteroatoms. The zero-order chi connectivity index (χ0) is 24.6. The van der Waals surface area contributed by atoms with Crippen LogP contribution in [-0.2, 0) is 32.0 Å². The van der Waals surface area contributed by atoms with Gasteiger partial charge in [0.25, 0.3) is 5.91 Å². The number of ether oxygens (including phenoxy) is 1. The topological polar surface area (TPSA) is 140 Å². The molecule has 184 valence electrons. The summed E-state index contributed by atoms with van der Waals surface area (Å²) in [6.45, 7) is 9.85. The largest absolute Gasteiger partial charge is 0.449 e. The first kappa shape index (κ1) is 26.3. The summed E-state index contributed by atoms with van der Waals surface area (Å²) in [7, 11) is 0. The number of carbonyl (C=O) groups excluding carboxylic acids is 4. The van der Waals surface area contributed by atoms with Crippen molar-refractivity contribution in [3.05, 3.63) is 17.8 Å². The summed E-state index contributed by atoms with van der Waals surface area (Å²) < 4.78 is 10.7. The van der Waals surface area contributed by atoms with Crippen LogP contribution in [0.15, 0.2) is 10.8 Å². The summed E-state index contributed by atoms with van der Waals surface area (Å²) in [6, 6.07) is -2.10. The van der Waals surface area contributed by atoms with Gasteiger partial charge in [-0.05, 0) is 24.2 Å². The van der Waals surface area contributed by atoms with Gasteiger partial charge in [-0.2, -0.15) is 0 Å². The highest BCUT2D eigenvalue weighted by Crippen LogP contribution is 2.16. The molecule has 3 amide bonds. The molecule has 0 bridgehead atoms. The number of oxazole rings is 1. The Bertz CT molecular complexity index is 842. The van der Waals surface area contributed by atoms with Crippen LogP contribution in [0.4, 0.5) is 4.79 Å². The van der Waals surface area contributed by atoms with Gasteiger partial charge in [-0.25, -0.2) is 9.78 Å². The molecule has 2 unspecified atom stereocenters. The van der Waals surface area contributed by atoms with Crippen LogP contribution in [0.2, 0.25) is 0 Å². The Morgan fingerprint density at radius 1 is 1.24 bits per heavy atom. The zero-order valence-electron chi connectivity index (χ0n) is 20.2. The third-order valence-corrected chi connectivity index (χ3v) is 5.20. The summed E-state index contributed by atoms with van der Waals surface area (Å²) in [5.74, 6) is -1.75. The Morgan fingerprint density at radius 2 is 1.97 bits per heavy atom. The van der Waals surface area contributed by atoms with Gasteiger partial charge in [-0.1, -0.05) is 41.0 Å². The Balaban J connectivity index is 2.16. The molecule has 0 saturated heterocycles. The molecular formula is C23H36N4O6. The van der Waals surface area contributed by atoms with E-state index in [9.17, 15) is 19.2 Å². The van der Waals surface area contributed by atoms with Gasteiger partial charge in [-0.3, -0.25) is 14.4 Å². The van der Waals surface area contributed by atoms with Crippen LogP contribution in [0, 0.1) is 11.3 Å². The quantitative estimate of drug-likeness (QED) is 0.566. The maximum absolute atomic E-state index is 13.1. The molecule has 3 N–H and O–H groups in total. The molecule has 10 nitrogen and oxygen atoms in total. The molecule has 0 aromatic carbocycles. The monoisotopic (exact) mass is 464 g/mol. The van der Waals surface area contributed by atoms with Crippen LogP contribution < -0.4 is 16.0 Å². The number of fused-ring (bicyclic) bond motifs is 1. The summed E-state index contributed by atoms with van der Waals surface area (Å²) in [4.78, 5) is 54.7. The molecule has 33 heavy (non-hydrogen) atoms. The highest BCUT2D eigenvalue weighted by atomic mass is 16.5. The predicted molar refractivity (Wildman–Crippen MR) is 120 cm³/mol. The van der Waals surface area contributed by atoms with Crippen molar-refractivity contribution in [2.45, 2.75) is 78.8 Å². The van der Waals surface area contributed by atoms with E-state index in [0.717, 1.165) is 19.3 Å². The molecule has 1 aromatic heterocycles. The van der Waals surface area contributed by atoms with E-state index in [2.05, 4.69) is 20.9 Å². The zero-order valence-corrected chi connectivity index (χ0v) is 20.2. The van der Waals surface area contributed by atoms with Crippen LogP contribution in [0.3, 0.4) is 0 Å². The SMILES string of the molecule is CC(C)C(NC(=O)OCC(C)(C)C)C(=O)NC1Cc2ncoc2CCCCCNC(=O)C1=O. The van der Waals surface area contributed by atoms with Gasteiger partial charge in [0.1, 0.15) is 17.8 Å². The van der Waals surface area contributed by atoms with Crippen molar-refractivity contribution >= 4 is 23.7 Å². The minimum Gasteiger partial charge on any atom is -0.449 e. The minimum absolute atomic E-state index is 0.0170. The number of Topliss-reactive ketones (excluding diaryl/α,β-unsaturated/α-hetero) is 1. The first-order chi connectivity index (χ1) is 15.5. The lowest BCUT2D eigenvalue weighted by atomic mass is 9.99. The standard InChI is InChI=1S/C23H36N4O6/c1-14(2)18(27-22(31)32-12-23(3,4)5)20(29)26-16-11-15-17(33-13-25-15)9-7-6-8-10-24-21(30)19(16)28/h13-14,16,18H,6-12H2,1-5H3,(H,24,30)(H,26,29)(H,27,31). The molecule has 2 atom stereocenters. The van der Waals surface area contributed by atoms with Gasteiger partial charge in [0.15, 0.2) is 6.39 Å². The van der Waals surface area contributed by atoms with Crippen LogP contribution >= 0.6 is 0 Å². The van der Waals surface area contributed by atoms with Gasteiger partial charge in [-0.15, -0.1) is 0 Å². The Kier molecular flexibility index (Phi) is 9.43. The molecule has 0 fully saturated rings. The number of aromatic nitrogens is 1. The fourth-order valence-electron chi connectivity index (χ4n) is 3.35. The minimum atomic E-state index is -1.14. The van der Waals surface area contributed by atoms with Gasteiger partial charge >= 0.3 is 6.09 Å². The van der Waals surface area contributed by atoms with E-state index in [1.165, 1.54) is 6.39 Å². The molecule has 2 heterocycles. The first-order valence-corrected chi connectivity index (χ1v) is 11.4. The number of nitrogens with zero attached hydrogens (tertiary/aromatic N) is 1. The average Bonchev–Trinajstić information content (AvgIpc) is 3.16. The predicted octanol–water partition coefficient (Wildman–Crippen LogP) is 1.91. The number of hydrogen-bond acceptors (Lipinski definition) is 7. The van der Waals surface area contributed by atoms with Gasteiger partial charge < -0.3 is 25.1 Å². The number of amides is 3. The number of ketones is 1. The van der Waals surface area contributed by atoms with Crippen molar-refractivity contribution in [1.29, 1.82) is 0 Å². The number of rotatable bonds is 5. The highest BCUT2D eigenvalue weighted by molar-refractivity contribution is 6.38. The fourth-order valence-corrected chi connectivity index (χ4v) is 3.35. The Hall–Kier alpha value is -2.91. The van der Waals surface area contributed by atoms with Crippen LogP contribution in [-0.4, -0.2) is 53.9 Å². The Labute approximate surface area is 194 Å². The molecule has 0 spiro atoms. The molecule has 1 aliphatic rings. The molecular weight excluding hydrogens is 428 g/mol. The van der Waals surface area contributed by atoms with Crippen molar-refractivity contribution in [3.8, 4) is 0 Å². The fraction of sp³-hybridized carbons (Fsp3) is 0.696. The van der Waals surface area contributed by atoms with Crippen LogP contribution in [0.5, 0.6) is 0 Å². The lowest BCUT2D eigenvalue weighted by molar-refractivity contribution is -0.140. The molecule has 1 aliphatic heterocycles. The van der Waals surface area contributed by atoms with Crippen molar-refractivity contribution < 1.29 is 28.3 Å². The van der Waals surface area contributed by atoms with Crippen molar-refractivity contribution in [2.75, 3.05) is 13.2 Å². The van der Waals surface area contributed by atoms with Crippen LogP contribution in [0.1, 0.15) is 65.3 Å². The number of aryl methyl sites for hydroxylation is 1. The van der Waals surface area contributed by atoms with E-state index in [4.69, 9.17) is 9.15 Å². The third-order valence-electron chi connectivity index (χ3n) is 5.20. The van der Waals surface area contributed by atoms with Crippen molar-refractivity contribution in [1.82, 2.24) is 20.9 Å². The number of hydrogen-bond donors (Lipinski definition) is 3. The smallest absolute Gasteiger partial charge is 0.407 e. The normalized spacial score (nSPS) is 18.9. The van der Waals surface area contributed by atoms with Gasteiger partial charge in [0.05, 0.1) is 12.3 Å². The third kappa shape index (κ3) is 8.51. The summed E-state index contributed by atoms with van der Waals surface area (Å²) in [6.07, 6.45) is 3.73.